The van der Waals surface area contributed by atoms with E-state index in [2.05, 4.69) is 61.8 Å². The molecule has 1 aliphatic heterocycles. The first-order valence-electron chi connectivity index (χ1n) is 9.53. The van der Waals surface area contributed by atoms with E-state index in [1.807, 2.05) is 15.5 Å². The predicted molar refractivity (Wildman–Crippen MR) is 112 cm³/mol. The Hall–Kier alpha value is -2.12. The number of carbonyl (C=O) groups excluding carboxylic acids is 1. The number of amides is 1. The number of benzene rings is 1. The third-order valence-corrected chi connectivity index (χ3v) is 5.68. The van der Waals surface area contributed by atoms with Crippen LogP contribution in [0.2, 0.25) is 0 Å². The largest absolute Gasteiger partial charge is 0.378 e. The molecule has 0 saturated carbocycles. The van der Waals surface area contributed by atoms with Crippen LogP contribution in [0.15, 0.2) is 42.1 Å². The minimum atomic E-state index is 0.105. The highest BCUT2D eigenvalue weighted by Gasteiger charge is 2.20. The Morgan fingerprint density at radius 2 is 1.89 bits per heavy atom. The Bertz CT molecular complexity index is 818. The molecule has 1 aliphatic rings. The van der Waals surface area contributed by atoms with E-state index >= 15 is 0 Å². The number of ether oxygens (including phenoxy) is 1. The number of allylic oxidation sites excluding steroid dienone is 1. The van der Waals surface area contributed by atoms with Gasteiger partial charge in [-0.1, -0.05) is 62.9 Å². The molecule has 0 spiro atoms. The standard InChI is InChI=1S/C21H28N4O2S/c1-5-10-25-19(16-6-8-17(9-7-16)21(2,3)4)22-23-20(25)28-15-18(26)24-11-13-27-14-12-24/h5-9H,1,10-15H2,2-4H3. The lowest BCUT2D eigenvalue weighted by atomic mass is 9.87. The van der Waals surface area contributed by atoms with Crippen molar-refractivity contribution >= 4 is 17.7 Å². The maximum absolute atomic E-state index is 12.4. The molecule has 1 amide bonds. The van der Waals surface area contributed by atoms with E-state index in [0.29, 0.717) is 38.6 Å². The molecule has 0 unspecified atom stereocenters. The second-order valence-corrected chi connectivity index (χ2v) is 8.76. The van der Waals surface area contributed by atoms with Crippen molar-refractivity contribution in [1.29, 1.82) is 0 Å². The third-order valence-electron chi connectivity index (χ3n) is 4.73. The fraction of sp³-hybridized carbons (Fsp3) is 0.476. The number of thioether (sulfide) groups is 1. The summed E-state index contributed by atoms with van der Waals surface area (Å²) in [4.78, 5) is 14.3. The molecular formula is C21H28N4O2S. The van der Waals surface area contributed by atoms with Crippen LogP contribution in [-0.2, 0) is 21.5 Å². The summed E-state index contributed by atoms with van der Waals surface area (Å²) in [5.41, 5.74) is 2.39. The monoisotopic (exact) mass is 400 g/mol. The number of aromatic nitrogens is 3. The number of hydrogen-bond donors (Lipinski definition) is 0. The maximum atomic E-state index is 12.4. The van der Waals surface area contributed by atoms with Crippen LogP contribution in [0.25, 0.3) is 11.4 Å². The van der Waals surface area contributed by atoms with Crippen molar-refractivity contribution in [2.45, 2.75) is 37.9 Å². The first-order valence-corrected chi connectivity index (χ1v) is 10.5. The molecular weight excluding hydrogens is 372 g/mol. The van der Waals surface area contributed by atoms with Crippen LogP contribution in [0.5, 0.6) is 0 Å². The summed E-state index contributed by atoms with van der Waals surface area (Å²) in [5.74, 6) is 1.25. The molecule has 3 rings (SSSR count). The number of morpholine rings is 1. The summed E-state index contributed by atoms with van der Waals surface area (Å²) in [7, 11) is 0. The van der Waals surface area contributed by atoms with Gasteiger partial charge in [-0.05, 0) is 11.0 Å². The number of nitrogens with zero attached hydrogens (tertiary/aromatic N) is 4. The Labute approximate surface area is 171 Å². The molecule has 7 heteroatoms. The molecule has 0 aliphatic carbocycles. The summed E-state index contributed by atoms with van der Waals surface area (Å²) in [6.45, 7) is 13.6. The van der Waals surface area contributed by atoms with Gasteiger partial charge in [0.25, 0.3) is 0 Å². The highest BCUT2D eigenvalue weighted by molar-refractivity contribution is 7.99. The van der Waals surface area contributed by atoms with Crippen molar-refractivity contribution in [1.82, 2.24) is 19.7 Å². The van der Waals surface area contributed by atoms with Crippen molar-refractivity contribution in [3.63, 3.8) is 0 Å². The minimum Gasteiger partial charge on any atom is -0.378 e. The molecule has 1 fully saturated rings. The lowest BCUT2D eigenvalue weighted by molar-refractivity contribution is -0.132. The van der Waals surface area contributed by atoms with Crippen LogP contribution in [0.1, 0.15) is 26.3 Å². The topological polar surface area (TPSA) is 60.2 Å². The number of hydrogen-bond acceptors (Lipinski definition) is 5. The zero-order valence-electron chi connectivity index (χ0n) is 16.9. The van der Waals surface area contributed by atoms with Gasteiger partial charge in [0.2, 0.25) is 5.91 Å². The van der Waals surface area contributed by atoms with Crippen LogP contribution < -0.4 is 0 Å². The number of carbonyl (C=O) groups is 1. The van der Waals surface area contributed by atoms with Gasteiger partial charge >= 0.3 is 0 Å². The van der Waals surface area contributed by atoms with Gasteiger partial charge < -0.3 is 9.64 Å². The molecule has 2 aromatic rings. The zero-order chi connectivity index (χ0) is 20.1. The maximum Gasteiger partial charge on any atom is 0.233 e. The smallest absolute Gasteiger partial charge is 0.233 e. The molecule has 1 aromatic carbocycles. The highest BCUT2D eigenvalue weighted by Crippen LogP contribution is 2.28. The molecule has 1 saturated heterocycles. The van der Waals surface area contributed by atoms with Gasteiger partial charge in [0, 0.05) is 25.2 Å². The van der Waals surface area contributed by atoms with E-state index in [-0.39, 0.29) is 11.3 Å². The van der Waals surface area contributed by atoms with E-state index in [1.165, 1.54) is 17.3 Å². The van der Waals surface area contributed by atoms with E-state index in [9.17, 15) is 4.79 Å². The third kappa shape index (κ3) is 4.83. The quantitative estimate of drug-likeness (QED) is 0.550. The van der Waals surface area contributed by atoms with E-state index in [0.717, 1.165) is 16.5 Å². The van der Waals surface area contributed by atoms with Crippen molar-refractivity contribution in [3.05, 3.63) is 42.5 Å². The predicted octanol–water partition coefficient (Wildman–Crippen LogP) is 3.38. The SMILES string of the molecule is C=CCn1c(SCC(=O)N2CCOCC2)nnc1-c1ccc(C(C)(C)C)cc1. The van der Waals surface area contributed by atoms with Crippen LogP contribution in [0.4, 0.5) is 0 Å². The average molecular weight is 401 g/mol. The average Bonchev–Trinajstić information content (AvgIpc) is 3.09. The van der Waals surface area contributed by atoms with Gasteiger partial charge in [0.15, 0.2) is 11.0 Å². The lowest BCUT2D eigenvalue weighted by Crippen LogP contribution is -2.41. The molecule has 0 N–H and O–H groups in total. The second-order valence-electron chi connectivity index (χ2n) is 7.81. The van der Waals surface area contributed by atoms with E-state index in [4.69, 9.17) is 4.74 Å². The van der Waals surface area contributed by atoms with Gasteiger partial charge in [0.1, 0.15) is 0 Å². The molecule has 0 bridgehead atoms. The summed E-state index contributed by atoms with van der Waals surface area (Å²) in [6, 6.07) is 8.43. The molecule has 0 radical (unpaired) electrons. The molecule has 6 nitrogen and oxygen atoms in total. The second kappa shape index (κ2) is 8.92. The normalized spacial score (nSPS) is 14.9. The van der Waals surface area contributed by atoms with Gasteiger partial charge in [-0.3, -0.25) is 9.36 Å². The Kier molecular flexibility index (Phi) is 6.57. The minimum absolute atomic E-state index is 0.105. The van der Waals surface area contributed by atoms with Gasteiger partial charge in [-0.15, -0.1) is 16.8 Å². The summed E-state index contributed by atoms with van der Waals surface area (Å²) >= 11 is 1.42. The van der Waals surface area contributed by atoms with Crippen molar-refractivity contribution in [3.8, 4) is 11.4 Å². The van der Waals surface area contributed by atoms with Crippen LogP contribution >= 0.6 is 11.8 Å². The summed E-state index contributed by atoms with van der Waals surface area (Å²) in [5, 5.41) is 9.45. The first kappa shape index (κ1) is 20.6. The fourth-order valence-corrected chi connectivity index (χ4v) is 3.90. The van der Waals surface area contributed by atoms with Crippen LogP contribution in [-0.4, -0.2) is 57.6 Å². The Balaban J connectivity index is 1.75. The van der Waals surface area contributed by atoms with Crippen molar-refractivity contribution in [2.24, 2.45) is 0 Å². The van der Waals surface area contributed by atoms with E-state index < -0.39 is 0 Å². The van der Waals surface area contributed by atoms with Gasteiger partial charge in [0.05, 0.1) is 19.0 Å². The van der Waals surface area contributed by atoms with Crippen molar-refractivity contribution in [2.75, 3.05) is 32.1 Å². The molecule has 0 atom stereocenters. The van der Waals surface area contributed by atoms with E-state index in [1.54, 1.807) is 0 Å². The van der Waals surface area contributed by atoms with Crippen LogP contribution in [0, 0.1) is 0 Å². The molecule has 2 heterocycles. The van der Waals surface area contributed by atoms with Gasteiger partial charge in [-0.2, -0.15) is 0 Å². The Morgan fingerprint density at radius 1 is 1.21 bits per heavy atom. The zero-order valence-corrected chi connectivity index (χ0v) is 17.7. The lowest BCUT2D eigenvalue weighted by Gasteiger charge is -2.26. The number of rotatable bonds is 6. The highest BCUT2D eigenvalue weighted by atomic mass is 32.2. The first-order chi connectivity index (χ1) is 13.4. The van der Waals surface area contributed by atoms with Crippen LogP contribution in [0.3, 0.4) is 0 Å². The fourth-order valence-electron chi connectivity index (χ4n) is 3.05. The molecule has 1 aromatic heterocycles. The summed E-state index contributed by atoms with van der Waals surface area (Å²) in [6.07, 6.45) is 1.82. The van der Waals surface area contributed by atoms with Crippen molar-refractivity contribution < 1.29 is 9.53 Å². The molecule has 150 valence electrons. The van der Waals surface area contributed by atoms with Gasteiger partial charge in [-0.25, -0.2) is 0 Å². The molecule has 28 heavy (non-hydrogen) atoms. The summed E-state index contributed by atoms with van der Waals surface area (Å²) < 4.78 is 7.32. The Morgan fingerprint density at radius 3 is 2.50 bits per heavy atom.